The first-order chi connectivity index (χ1) is 7.83. The summed E-state index contributed by atoms with van der Waals surface area (Å²) >= 11 is 0.779. The molecular weight excluding hydrogens is 216 g/mol. The maximum absolute atomic E-state index is 8.88. The molecule has 0 aliphatic rings. The molecule has 0 aliphatic carbocycles. The molecule has 0 heterocycles. The molecule has 0 aromatic heterocycles. The second-order valence-electron chi connectivity index (χ2n) is 3.67. The van der Waals surface area contributed by atoms with E-state index in [2.05, 4.69) is 31.2 Å². The van der Waals surface area contributed by atoms with Crippen molar-refractivity contribution >= 4 is 12.0 Å². The Morgan fingerprint density at radius 2 is 1.38 bits per heavy atom. The van der Waals surface area contributed by atoms with Crippen LogP contribution >= 0.6 is 12.0 Å². The summed E-state index contributed by atoms with van der Waals surface area (Å²) in [7, 11) is 0. The van der Waals surface area contributed by atoms with Crippen LogP contribution in [-0.4, -0.2) is 4.55 Å². The highest BCUT2D eigenvalue weighted by Gasteiger charge is 1.98. The normalized spacial score (nSPS) is 10.4. The lowest BCUT2D eigenvalue weighted by Gasteiger charge is -2.03. The molecule has 2 aromatic carbocycles. The molecule has 2 rings (SSSR count). The average molecular weight is 230 g/mol. The van der Waals surface area contributed by atoms with Crippen molar-refractivity contribution in [1.29, 1.82) is 0 Å². The number of aryl methyl sites for hydroxylation is 1. The second kappa shape index (κ2) is 5.19. The molecule has 16 heavy (non-hydrogen) atoms. The minimum absolute atomic E-state index is 0.779. The topological polar surface area (TPSA) is 20.2 Å². The molecule has 0 saturated carbocycles. The maximum Gasteiger partial charge on any atom is 0.0351 e. The van der Waals surface area contributed by atoms with Crippen molar-refractivity contribution in [2.24, 2.45) is 0 Å². The van der Waals surface area contributed by atoms with E-state index in [0.717, 1.165) is 23.4 Å². The SMILES string of the molecule is CCc1ccc(-c2ccc(SO)cc2)cc1. The predicted molar refractivity (Wildman–Crippen MR) is 69.7 cm³/mol. The van der Waals surface area contributed by atoms with Crippen molar-refractivity contribution in [2.45, 2.75) is 18.2 Å². The van der Waals surface area contributed by atoms with Gasteiger partial charge in [0, 0.05) is 16.9 Å². The standard InChI is InChI=1S/C14H14OS/c1-2-11-3-5-12(6-4-11)13-7-9-14(16-15)10-8-13/h3-10,15H,2H2,1H3. The third-order valence-electron chi connectivity index (χ3n) is 2.66. The zero-order valence-electron chi connectivity index (χ0n) is 9.18. The van der Waals surface area contributed by atoms with Gasteiger partial charge in [-0.1, -0.05) is 43.3 Å². The molecule has 0 saturated heterocycles. The van der Waals surface area contributed by atoms with E-state index in [9.17, 15) is 0 Å². The van der Waals surface area contributed by atoms with Gasteiger partial charge in [-0.15, -0.1) is 0 Å². The number of benzene rings is 2. The summed E-state index contributed by atoms with van der Waals surface area (Å²) in [6, 6.07) is 16.5. The van der Waals surface area contributed by atoms with Crippen molar-refractivity contribution < 1.29 is 4.55 Å². The summed E-state index contributed by atoms with van der Waals surface area (Å²) in [5.74, 6) is 0. The highest BCUT2D eigenvalue weighted by Crippen LogP contribution is 2.23. The van der Waals surface area contributed by atoms with E-state index in [0.29, 0.717) is 0 Å². The molecule has 2 aromatic rings. The lowest BCUT2D eigenvalue weighted by molar-refractivity contribution is 0.664. The Morgan fingerprint density at radius 3 is 1.81 bits per heavy atom. The largest absolute Gasteiger partial charge is 0.325 e. The summed E-state index contributed by atoms with van der Waals surface area (Å²) in [5, 5.41) is 0. The molecule has 1 nitrogen and oxygen atoms in total. The quantitative estimate of drug-likeness (QED) is 0.784. The van der Waals surface area contributed by atoms with Crippen LogP contribution in [0.2, 0.25) is 0 Å². The molecule has 0 spiro atoms. The van der Waals surface area contributed by atoms with Crippen molar-refractivity contribution in [2.75, 3.05) is 0 Å². The fourth-order valence-electron chi connectivity index (χ4n) is 1.64. The molecule has 1 N–H and O–H groups in total. The van der Waals surface area contributed by atoms with E-state index in [1.165, 1.54) is 16.7 Å². The van der Waals surface area contributed by atoms with Gasteiger partial charge in [0.05, 0.1) is 0 Å². The Morgan fingerprint density at radius 1 is 0.875 bits per heavy atom. The highest BCUT2D eigenvalue weighted by molar-refractivity contribution is 7.93. The Balaban J connectivity index is 2.28. The van der Waals surface area contributed by atoms with Gasteiger partial charge in [-0.05, 0) is 35.2 Å². The first-order valence-corrected chi connectivity index (χ1v) is 6.11. The molecule has 0 atom stereocenters. The minimum atomic E-state index is 0.779. The fraction of sp³-hybridized carbons (Fsp3) is 0.143. The van der Waals surface area contributed by atoms with Crippen LogP contribution in [0.4, 0.5) is 0 Å². The van der Waals surface area contributed by atoms with Crippen LogP contribution in [0, 0.1) is 0 Å². The van der Waals surface area contributed by atoms with Gasteiger partial charge in [-0.2, -0.15) is 0 Å². The van der Waals surface area contributed by atoms with E-state index < -0.39 is 0 Å². The van der Waals surface area contributed by atoms with Gasteiger partial charge < -0.3 is 4.55 Å². The lowest BCUT2D eigenvalue weighted by atomic mass is 10.0. The van der Waals surface area contributed by atoms with E-state index in [1.807, 2.05) is 24.3 Å². The lowest BCUT2D eigenvalue weighted by Crippen LogP contribution is -1.81. The summed E-state index contributed by atoms with van der Waals surface area (Å²) in [6.07, 6.45) is 1.07. The van der Waals surface area contributed by atoms with Gasteiger partial charge in [0.25, 0.3) is 0 Å². The minimum Gasteiger partial charge on any atom is -0.325 e. The highest BCUT2D eigenvalue weighted by atomic mass is 32.2. The maximum atomic E-state index is 8.88. The van der Waals surface area contributed by atoms with E-state index >= 15 is 0 Å². The van der Waals surface area contributed by atoms with Gasteiger partial charge in [-0.25, -0.2) is 0 Å². The molecule has 0 amide bonds. The molecule has 2 heteroatoms. The van der Waals surface area contributed by atoms with Gasteiger partial charge in [0.2, 0.25) is 0 Å². The van der Waals surface area contributed by atoms with Gasteiger partial charge in [0.1, 0.15) is 0 Å². The summed E-state index contributed by atoms with van der Waals surface area (Å²) in [6.45, 7) is 2.16. The van der Waals surface area contributed by atoms with Crippen molar-refractivity contribution in [3.8, 4) is 11.1 Å². The van der Waals surface area contributed by atoms with E-state index in [1.54, 1.807) is 0 Å². The van der Waals surface area contributed by atoms with Gasteiger partial charge >= 0.3 is 0 Å². The number of rotatable bonds is 3. The van der Waals surface area contributed by atoms with Gasteiger partial charge in [0.15, 0.2) is 0 Å². The Kier molecular flexibility index (Phi) is 3.65. The number of hydrogen-bond donors (Lipinski definition) is 1. The first-order valence-electron chi connectivity index (χ1n) is 5.34. The van der Waals surface area contributed by atoms with Crippen LogP contribution in [-0.2, 0) is 6.42 Å². The summed E-state index contributed by atoms with van der Waals surface area (Å²) < 4.78 is 8.88. The van der Waals surface area contributed by atoms with Crippen LogP contribution in [0.15, 0.2) is 53.4 Å². The molecule has 82 valence electrons. The molecule has 0 aliphatic heterocycles. The molecule has 0 unspecified atom stereocenters. The average Bonchev–Trinajstić information content (AvgIpc) is 2.39. The third kappa shape index (κ3) is 2.46. The molecule has 0 radical (unpaired) electrons. The zero-order valence-corrected chi connectivity index (χ0v) is 10.00. The zero-order chi connectivity index (χ0) is 11.4. The van der Waals surface area contributed by atoms with Gasteiger partial charge in [-0.3, -0.25) is 0 Å². The smallest absolute Gasteiger partial charge is 0.0351 e. The van der Waals surface area contributed by atoms with Crippen LogP contribution < -0.4 is 0 Å². The van der Waals surface area contributed by atoms with Crippen molar-refractivity contribution in [3.63, 3.8) is 0 Å². The predicted octanol–water partition coefficient (Wildman–Crippen LogP) is 4.48. The van der Waals surface area contributed by atoms with Crippen LogP contribution in [0.1, 0.15) is 12.5 Å². The van der Waals surface area contributed by atoms with Crippen molar-refractivity contribution in [3.05, 3.63) is 54.1 Å². The van der Waals surface area contributed by atoms with Crippen LogP contribution in [0.5, 0.6) is 0 Å². The van der Waals surface area contributed by atoms with Crippen LogP contribution in [0.3, 0.4) is 0 Å². The van der Waals surface area contributed by atoms with E-state index in [4.69, 9.17) is 4.55 Å². The Hall–Kier alpha value is -1.25. The fourth-order valence-corrected chi connectivity index (χ4v) is 1.90. The third-order valence-corrected chi connectivity index (χ3v) is 3.14. The Labute approximate surface area is 100 Å². The van der Waals surface area contributed by atoms with E-state index in [-0.39, 0.29) is 0 Å². The summed E-state index contributed by atoms with van der Waals surface area (Å²) in [5.41, 5.74) is 3.75. The summed E-state index contributed by atoms with van der Waals surface area (Å²) in [4.78, 5) is 0.869. The molecular formula is C14H14OS. The van der Waals surface area contributed by atoms with Crippen LogP contribution in [0.25, 0.3) is 11.1 Å². The number of hydrogen-bond acceptors (Lipinski definition) is 2. The second-order valence-corrected chi connectivity index (χ2v) is 4.32. The Bertz CT molecular complexity index is 400. The monoisotopic (exact) mass is 230 g/mol. The molecule has 0 fully saturated rings. The van der Waals surface area contributed by atoms with Crippen molar-refractivity contribution in [1.82, 2.24) is 0 Å². The molecule has 0 bridgehead atoms. The first kappa shape index (κ1) is 11.2.